The molecule has 3 aromatic heterocycles. The summed E-state index contributed by atoms with van der Waals surface area (Å²) in [6, 6.07) is 69.9. The van der Waals surface area contributed by atoms with Crippen molar-refractivity contribution < 1.29 is 13.2 Å². The summed E-state index contributed by atoms with van der Waals surface area (Å²) in [5.41, 5.74) is 11.9. The van der Waals surface area contributed by atoms with Crippen LogP contribution in [0.4, 0.5) is 38.5 Å². The molecule has 12 aromatic rings. The molecule has 0 saturated heterocycles. The summed E-state index contributed by atoms with van der Waals surface area (Å²) in [6.07, 6.45) is 0. The second-order valence-corrected chi connectivity index (χ2v) is 15.0. The van der Waals surface area contributed by atoms with Crippen LogP contribution in [0, 0.1) is 5.82 Å². The largest absolute Gasteiger partial charge is 0.456 e. The third kappa shape index (κ3) is 5.24. The normalized spacial score (nSPS) is 11.8. The Kier molecular flexibility index (Phi) is 7.65. The van der Waals surface area contributed by atoms with E-state index in [9.17, 15) is 4.39 Å². The van der Waals surface area contributed by atoms with Gasteiger partial charge in [-0.15, -0.1) is 0 Å². The molecule has 0 atom stereocenters. The standard InChI is InChI=1S/C54H34FN3O2/c55-35-29-31-38(32-30-35)57-43-22-10-7-19-40(43)52-46(57)33-39(56(36-15-3-1-4-16-36)44-23-13-27-50-53(44)41-20-8-11-25-48(41)59-50)34-47(52)58(37-17-5-2-6-18-37)45-24-14-28-51-54(45)42-21-9-12-26-49(42)60-51/h1-34H. The molecule has 0 N–H and O–H groups in total. The smallest absolute Gasteiger partial charge is 0.137 e. The van der Waals surface area contributed by atoms with E-state index in [2.05, 4.69) is 154 Å². The average molecular weight is 776 g/mol. The van der Waals surface area contributed by atoms with Crippen LogP contribution in [0.15, 0.2) is 215 Å². The number of rotatable bonds is 7. The summed E-state index contributed by atoms with van der Waals surface area (Å²) < 4.78 is 29.9. The van der Waals surface area contributed by atoms with Gasteiger partial charge in [0.05, 0.1) is 44.6 Å². The predicted molar refractivity (Wildman–Crippen MR) is 245 cm³/mol. The topological polar surface area (TPSA) is 37.7 Å². The zero-order valence-corrected chi connectivity index (χ0v) is 32.2. The lowest BCUT2D eigenvalue weighted by atomic mass is 10.0. The Hall–Kier alpha value is -8.09. The fraction of sp³-hybridized carbons (Fsp3) is 0. The van der Waals surface area contributed by atoms with E-state index in [0.29, 0.717) is 0 Å². The van der Waals surface area contributed by atoms with Gasteiger partial charge in [0.1, 0.15) is 28.1 Å². The van der Waals surface area contributed by atoms with Gasteiger partial charge in [0.2, 0.25) is 0 Å². The molecule has 12 rings (SSSR count). The van der Waals surface area contributed by atoms with E-state index >= 15 is 0 Å². The molecule has 5 nitrogen and oxygen atoms in total. The lowest BCUT2D eigenvalue weighted by Gasteiger charge is -2.31. The molecular weight excluding hydrogens is 742 g/mol. The number of furan rings is 2. The summed E-state index contributed by atoms with van der Waals surface area (Å²) in [5.74, 6) is -0.285. The second-order valence-electron chi connectivity index (χ2n) is 15.0. The molecule has 9 aromatic carbocycles. The third-order valence-corrected chi connectivity index (χ3v) is 11.6. The first-order valence-corrected chi connectivity index (χ1v) is 20.0. The first-order chi connectivity index (χ1) is 29.7. The molecule has 3 heterocycles. The minimum atomic E-state index is -0.285. The third-order valence-electron chi connectivity index (χ3n) is 11.6. The van der Waals surface area contributed by atoms with Gasteiger partial charge in [-0.05, 0) is 103 Å². The Bertz CT molecular complexity index is 3570. The molecule has 0 bridgehead atoms. The number of nitrogens with zero attached hydrogens (tertiary/aromatic N) is 3. The van der Waals surface area contributed by atoms with E-state index in [1.54, 1.807) is 0 Å². The Balaban J connectivity index is 1.26. The van der Waals surface area contributed by atoms with Crippen LogP contribution in [-0.4, -0.2) is 4.57 Å². The highest BCUT2D eigenvalue weighted by Crippen LogP contribution is 2.51. The zero-order valence-electron chi connectivity index (χ0n) is 32.2. The first kappa shape index (κ1) is 34.0. The molecule has 0 radical (unpaired) electrons. The van der Waals surface area contributed by atoms with Crippen LogP contribution in [0.2, 0.25) is 0 Å². The molecule has 0 aliphatic rings. The Morgan fingerprint density at radius 3 is 1.47 bits per heavy atom. The molecule has 0 saturated carbocycles. The summed E-state index contributed by atoms with van der Waals surface area (Å²) in [5, 5.41) is 6.23. The minimum Gasteiger partial charge on any atom is -0.456 e. The number of hydrogen-bond acceptors (Lipinski definition) is 4. The van der Waals surface area contributed by atoms with E-state index in [-0.39, 0.29) is 5.82 Å². The van der Waals surface area contributed by atoms with E-state index in [1.807, 2.05) is 54.6 Å². The summed E-state index contributed by atoms with van der Waals surface area (Å²) in [6.45, 7) is 0. The molecule has 284 valence electrons. The van der Waals surface area contributed by atoms with Crippen LogP contribution < -0.4 is 9.80 Å². The average Bonchev–Trinajstić information content (AvgIpc) is 3.98. The number of hydrogen-bond donors (Lipinski definition) is 0. The van der Waals surface area contributed by atoms with E-state index in [1.165, 1.54) is 12.1 Å². The van der Waals surface area contributed by atoms with Crippen molar-refractivity contribution in [2.45, 2.75) is 0 Å². The molecule has 0 unspecified atom stereocenters. The van der Waals surface area contributed by atoms with Gasteiger partial charge in [0.25, 0.3) is 0 Å². The molecule has 0 fully saturated rings. The van der Waals surface area contributed by atoms with Crippen molar-refractivity contribution in [1.29, 1.82) is 0 Å². The lowest BCUT2D eigenvalue weighted by Crippen LogP contribution is -2.14. The SMILES string of the molecule is Fc1ccc(-n2c3ccccc3c3c(N(c4ccccc4)c4cccc5oc6ccccc6c45)cc(N(c4ccccc4)c4cccc5oc6ccccc6c45)cc32)cc1. The predicted octanol–water partition coefficient (Wildman–Crippen LogP) is 15.7. The van der Waals surface area contributed by atoms with Gasteiger partial charge in [-0.25, -0.2) is 4.39 Å². The van der Waals surface area contributed by atoms with E-state index in [0.717, 1.165) is 105 Å². The molecule has 0 aliphatic carbocycles. The maximum absolute atomic E-state index is 14.6. The summed E-state index contributed by atoms with van der Waals surface area (Å²) in [4.78, 5) is 4.70. The van der Waals surface area contributed by atoms with E-state index < -0.39 is 0 Å². The van der Waals surface area contributed by atoms with Gasteiger partial charge >= 0.3 is 0 Å². The minimum absolute atomic E-state index is 0.285. The number of fused-ring (bicyclic) bond motifs is 9. The van der Waals surface area contributed by atoms with Crippen LogP contribution in [-0.2, 0) is 0 Å². The second kappa shape index (κ2) is 13.5. The van der Waals surface area contributed by atoms with Gasteiger partial charge < -0.3 is 23.2 Å². The van der Waals surface area contributed by atoms with Crippen LogP contribution in [0.3, 0.4) is 0 Å². The molecule has 60 heavy (non-hydrogen) atoms. The van der Waals surface area contributed by atoms with Crippen LogP contribution in [0.1, 0.15) is 0 Å². The Morgan fingerprint density at radius 1 is 0.350 bits per heavy atom. The fourth-order valence-electron chi connectivity index (χ4n) is 9.11. The zero-order chi connectivity index (χ0) is 39.7. The molecular formula is C54H34FN3O2. The van der Waals surface area contributed by atoms with Crippen molar-refractivity contribution >= 4 is 99.8 Å². The number of aromatic nitrogens is 1. The molecule has 6 heteroatoms. The van der Waals surface area contributed by atoms with Crippen LogP contribution >= 0.6 is 0 Å². The highest BCUT2D eigenvalue weighted by Gasteiger charge is 2.28. The quantitative estimate of drug-likeness (QED) is 0.162. The van der Waals surface area contributed by atoms with Crippen molar-refractivity contribution in [2.75, 3.05) is 9.80 Å². The van der Waals surface area contributed by atoms with Crippen LogP contribution in [0.5, 0.6) is 0 Å². The summed E-state index contributed by atoms with van der Waals surface area (Å²) in [7, 11) is 0. The first-order valence-electron chi connectivity index (χ1n) is 20.0. The highest BCUT2D eigenvalue weighted by molar-refractivity contribution is 6.21. The lowest BCUT2D eigenvalue weighted by molar-refractivity contribution is 0.627. The molecule has 0 amide bonds. The maximum atomic E-state index is 14.6. The monoisotopic (exact) mass is 775 g/mol. The number of benzene rings is 9. The Labute approximate surface area is 343 Å². The van der Waals surface area contributed by atoms with Gasteiger partial charge in [-0.1, -0.05) is 103 Å². The molecule has 0 spiro atoms. The summed E-state index contributed by atoms with van der Waals surface area (Å²) >= 11 is 0. The maximum Gasteiger partial charge on any atom is 0.137 e. The van der Waals surface area contributed by atoms with Gasteiger partial charge in [0, 0.05) is 38.6 Å². The number of halogens is 1. The number of para-hydroxylation sites is 5. The van der Waals surface area contributed by atoms with Gasteiger partial charge in [-0.2, -0.15) is 0 Å². The van der Waals surface area contributed by atoms with Crippen molar-refractivity contribution in [2.24, 2.45) is 0 Å². The van der Waals surface area contributed by atoms with Gasteiger partial charge in [0.15, 0.2) is 0 Å². The molecule has 0 aliphatic heterocycles. The highest BCUT2D eigenvalue weighted by atomic mass is 19.1. The van der Waals surface area contributed by atoms with Crippen LogP contribution in [0.25, 0.3) is 71.4 Å². The van der Waals surface area contributed by atoms with Crippen molar-refractivity contribution in [1.82, 2.24) is 4.57 Å². The number of anilines is 6. The Morgan fingerprint density at radius 2 is 0.850 bits per heavy atom. The van der Waals surface area contributed by atoms with Crippen molar-refractivity contribution in [3.05, 3.63) is 212 Å². The van der Waals surface area contributed by atoms with E-state index in [4.69, 9.17) is 8.83 Å². The fourth-order valence-corrected chi connectivity index (χ4v) is 9.11. The van der Waals surface area contributed by atoms with Crippen molar-refractivity contribution in [3.8, 4) is 5.69 Å². The van der Waals surface area contributed by atoms with Gasteiger partial charge in [-0.3, -0.25) is 0 Å². The van der Waals surface area contributed by atoms with Crippen molar-refractivity contribution in [3.63, 3.8) is 0 Å².